The summed E-state index contributed by atoms with van der Waals surface area (Å²) in [4.78, 5) is 91.1. The monoisotopic (exact) mass is 1200 g/mol. The molecule has 89 heavy (non-hydrogen) atoms. The molecule has 11 aromatic heterocycles. The number of fused-ring (bicyclic) bond motifs is 6. The lowest BCUT2D eigenvalue weighted by Gasteiger charge is -2.27. The lowest BCUT2D eigenvalue weighted by atomic mass is 9.81. The topological polar surface area (TPSA) is 365 Å². The molecule has 456 valence electrons. The van der Waals surface area contributed by atoms with Crippen LogP contribution in [-0.4, -0.2) is 103 Å². The van der Waals surface area contributed by atoms with Gasteiger partial charge in [-0.05, 0) is 132 Å². The van der Waals surface area contributed by atoms with Crippen molar-refractivity contribution >= 4 is 84.7 Å². The Kier molecular flexibility index (Phi) is 15.6. The van der Waals surface area contributed by atoms with Crippen LogP contribution in [-0.2, 0) is 20.8 Å². The summed E-state index contributed by atoms with van der Waals surface area (Å²) >= 11 is 0. The van der Waals surface area contributed by atoms with Gasteiger partial charge >= 0.3 is 11.9 Å². The quantitative estimate of drug-likeness (QED) is 0.0575. The molecule has 24 nitrogen and oxygen atoms in total. The Labute approximate surface area is 508 Å². The number of nitrogens with two attached hydrogens (primary N) is 3. The molecule has 0 saturated heterocycles. The van der Waals surface area contributed by atoms with E-state index in [2.05, 4.69) is 73.0 Å². The molecule has 3 fully saturated rings. The van der Waals surface area contributed by atoms with Crippen molar-refractivity contribution in [3.05, 3.63) is 138 Å². The fraction of sp³-hybridized carbons (Fsp3) is 0.338. The fourth-order valence-corrected chi connectivity index (χ4v) is 13.7. The van der Waals surface area contributed by atoms with Crippen molar-refractivity contribution in [2.75, 3.05) is 23.7 Å². The van der Waals surface area contributed by atoms with Crippen LogP contribution in [0, 0.1) is 17.8 Å². The molecule has 0 bridgehead atoms. The number of rotatable bonds is 11. The average molecular weight is 1200 g/mol. The lowest BCUT2D eigenvalue weighted by molar-refractivity contribution is -0.143. The summed E-state index contributed by atoms with van der Waals surface area (Å²) < 4.78 is 6.20. The van der Waals surface area contributed by atoms with Gasteiger partial charge in [0.1, 0.15) is 74.1 Å². The van der Waals surface area contributed by atoms with Gasteiger partial charge in [0.05, 0.1) is 40.0 Å². The van der Waals surface area contributed by atoms with E-state index in [0.29, 0.717) is 77.4 Å². The van der Waals surface area contributed by atoms with Gasteiger partial charge in [-0.3, -0.25) is 37.4 Å². The zero-order valence-corrected chi connectivity index (χ0v) is 49.4. The summed E-state index contributed by atoms with van der Waals surface area (Å²) in [6, 6.07) is 19.9. The number of aryl methyl sites for hydroxylation is 1. The first-order chi connectivity index (χ1) is 43.2. The number of carboxylic acid groups (broad SMARTS) is 2. The summed E-state index contributed by atoms with van der Waals surface area (Å²) in [5, 5.41) is 23.5. The second-order valence-corrected chi connectivity index (χ2v) is 23.8. The molecule has 0 unspecified atom stereocenters. The van der Waals surface area contributed by atoms with Gasteiger partial charge in [-0.25, -0.2) is 29.9 Å². The fourth-order valence-electron chi connectivity index (χ4n) is 13.7. The lowest BCUT2D eigenvalue weighted by Crippen LogP contribution is -2.29. The number of carboxylic acids is 2. The van der Waals surface area contributed by atoms with Crippen LogP contribution in [0.2, 0.25) is 0 Å². The van der Waals surface area contributed by atoms with Gasteiger partial charge in [0, 0.05) is 96.6 Å². The van der Waals surface area contributed by atoms with E-state index in [1.807, 2.05) is 71.5 Å². The highest BCUT2D eigenvalue weighted by atomic mass is 16.4. The molecular formula is C65H70N18O6. The highest BCUT2D eigenvalue weighted by molar-refractivity contribution is 5.93. The summed E-state index contributed by atoms with van der Waals surface area (Å²) in [5.74, 6) is 3.43. The van der Waals surface area contributed by atoms with Crippen molar-refractivity contribution in [1.29, 1.82) is 0 Å². The molecule has 12 aromatic rings. The average Bonchev–Trinajstić information content (AvgIpc) is 1.66. The number of para-hydroxylation sites is 1. The van der Waals surface area contributed by atoms with Crippen LogP contribution in [0.4, 0.5) is 17.5 Å². The number of amides is 1. The molecule has 1 amide bonds. The Bertz CT molecular complexity index is 4630. The van der Waals surface area contributed by atoms with Crippen LogP contribution < -0.4 is 28.1 Å². The minimum absolute atomic E-state index is 0.0387. The second-order valence-electron chi connectivity index (χ2n) is 23.8. The number of benzene rings is 1. The maximum Gasteiger partial charge on any atom is 0.306 e. The van der Waals surface area contributed by atoms with E-state index in [-0.39, 0.29) is 35.1 Å². The van der Waals surface area contributed by atoms with Crippen molar-refractivity contribution in [2.24, 2.45) is 17.8 Å². The van der Waals surface area contributed by atoms with Crippen LogP contribution in [0.3, 0.4) is 0 Å². The molecule has 0 spiro atoms. The van der Waals surface area contributed by atoms with Crippen LogP contribution in [0.5, 0.6) is 0 Å². The number of hydrogen-bond acceptors (Lipinski definition) is 14. The molecule has 13 N–H and O–H groups in total. The predicted octanol–water partition coefficient (Wildman–Crippen LogP) is 10.2. The van der Waals surface area contributed by atoms with Gasteiger partial charge in [-0.15, -0.1) is 0 Å². The number of aliphatic carboxylic acids is 2. The number of pyridine rings is 2. The maximum atomic E-state index is 12.1. The van der Waals surface area contributed by atoms with E-state index in [1.54, 1.807) is 31.7 Å². The summed E-state index contributed by atoms with van der Waals surface area (Å²) in [6.07, 6.45) is 23.2. The molecule has 24 heteroatoms. The third-order valence-corrected chi connectivity index (χ3v) is 18.3. The first-order valence-corrected chi connectivity index (χ1v) is 30.5. The van der Waals surface area contributed by atoms with E-state index >= 15 is 0 Å². The van der Waals surface area contributed by atoms with E-state index in [4.69, 9.17) is 32.2 Å². The third-order valence-electron chi connectivity index (χ3n) is 18.3. The van der Waals surface area contributed by atoms with E-state index in [9.17, 15) is 29.4 Å². The molecule has 3 aliphatic carbocycles. The first kappa shape index (κ1) is 57.7. The summed E-state index contributed by atoms with van der Waals surface area (Å²) in [5.41, 5.74) is 30.2. The number of carbonyl (C=O) groups is 3. The Morgan fingerprint density at radius 3 is 1.71 bits per heavy atom. The van der Waals surface area contributed by atoms with Gasteiger partial charge in [0.2, 0.25) is 5.91 Å². The van der Waals surface area contributed by atoms with Gasteiger partial charge < -0.3 is 52.7 Å². The van der Waals surface area contributed by atoms with E-state index < -0.39 is 11.9 Å². The van der Waals surface area contributed by atoms with Crippen LogP contribution in [0.1, 0.15) is 132 Å². The highest BCUT2D eigenvalue weighted by Gasteiger charge is 2.34. The molecule has 0 aliphatic heterocycles. The van der Waals surface area contributed by atoms with E-state index in [1.165, 1.54) is 0 Å². The third kappa shape index (κ3) is 11.1. The van der Waals surface area contributed by atoms with Gasteiger partial charge in [0.15, 0.2) is 0 Å². The molecule has 0 radical (unpaired) electrons. The Hall–Kier alpha value is -10.4. The number of carbonyl (C=O) groups excluding carboxylic acids is 1. The molecular weight excluding hydrogens is 1130 g/mol. The molecule has 11 heterocycles. The highest BCUT2D eigenvalue weighted by Crippen LogP contribution is 2.43. The molecule has 1 aromatic carbocycles. The second kappa shape index (κ2) is 24.1. The number of nitrogens with one attached hydrogen (secondary N) is 5. The van der Waals surface area contributed by atoms with Gasteiger partial charge in [-0.2, -0.15) is 0 Å². The number of aromatic amines is 4. The predicted molar refractivity (Wildman–Crippen MR) is 340 cm³/mol. The van der Waals surface area contributed by atoms with Crippen molar-refractivity contribution in [1.82, 2.24) is 73.3 Å². The Balaban J connectivity index is 0.000000123. The minimum atomic E-state index is -0.728. The number of nitrogen functional groups attached to an aromatic ring is 3. The van der Waals surface area contributed by atoms with Crippen LogP contribution >= 0.6 is 0 Å². The number of hydrogen-bond donors (Lipinski definition) is 10. The zero-order chi connectivity index (χ0) is 61.6. The van der Waals surface area contributed by atoms with Crippen molar-refractivity contribution in [2.45, 2.75) is 115 Å². The van der Waals surface area contributed by atoms with Crippen LogP contribution in [0.25, 0.3) is 83.6 Å². The normalized spacial score (nSPS) is 19.5. The van der Waals surface area contributed by atoms with Crippen molar-refractivity contribution in [3.63, 3.8) is 0 Å². The molecule has 15 rings (SSSR count). The number of H-pyrrole nitrogens is 4. The van der Waals surface area contributed by atoms with Gasteiger partial charge in [-0.1, -0.05) is 25.1 Å². The van der Waals surface area contributed by atoms with Crippen LogP contribution in [0.15, 0.2) is 109 Å². The number of nitrogens with zero attached hydrogens (tertiary/aromatic N) is 10. The molecule has 3 aliphatic rings. The maximum absolute atomic E-state index is 12.1. The van der Waals surface area contributed by atoms with E-state index in [0.717, 1.165) is 149 Å². The number of anilines is 3. The minimum Gasteiger partial charge on any atom is -0.481 e. The molecule has 3 saturated carbocycles. The Morgan fingerprint density at radius 1 is 0.596 bits per heavy atom. The van der Waals surface area contributed by atoms with Gasteiger partial charge in [0.25, 0.3) is 5.56 Å². The largest absolute Gasteiger partial charge is 0.481 e. The standard InChI is InChI=1S/C23H25N5O2.C22H25N7O.C20H20N6O3/c1-2-16-12-25-21(24)20-19(18-11-15-5-3-4-6-17(15)26-18)27-22(28(16)20)13-7-9-14(10-8-13)23(29)30;1-13(30)26-12-14-4-6-15(7-5-14)22-28-19(20-21(23)25-9-10-29(20)22)18-11-17-16(27-18)3-2-8-24-17;21-17-16-15(13-9-12-5-6-23-19(27)14(12)24-13)25-18(26(16)8-7-22-17)10-1-3-11(4-2-10)20(28)29/h3-6,11-14,26H,2,7-10H2,1H3,(H2,24,25)(H,29,30);2-3,8-11,14-15,27H,4-7,12H2,1H3,(H2,23,25)(H,26,30);5-11,24H,1-4H2,(H2,21,22)(H,23,27)(H,28,29). The SMILES string of the molecule is CC(=O)NCC1CCC(c2nc(-c3cc4ncccc4[nH]3)c3c(N)nccn23)CC1.CCc1cnc(N)c2c(-c3cc4ccccc4[nH]3)nc(C3CCC(C(=O)O)CC3)n12.Nc1nccn2c(C3CCC(C(=O)O)CC3)nc(-c3cc4cc[nH]c(=O)c4[nH]3)c12. The first-order valence-electron chi connectivity index (χ1n) is 30.5. The zero-order valence-electron chi connectivity index (χ0n) is 49.4. The summed E-state index contributed by atoms with van der Waals surface area (Å²) in [6.45, 7) is 4.43. The number of aromatic nitrogens is 14. The van der Waals surface area contributed by atoms with Crippen molar-refractivity contribution in [3.8, 4) is 34.2 Å². The Morgan fingerprint density at radius 2 is 1.12 bits per heavy atom. The number of imidazole rings is 3. The van der Waals surface area contributed by atoms with Crippen molar-refractivity contribution < 1.29 is 24.6 Å². The molecule has 0 atom stereocenters. The smallest absolute Gasteiger partial charge is 0.306 e. The summed E-state index contributed by atoms with van der Waals surface area (Å²) in [7, 11) is 0.